The van der Waals surface area contributed by atoms with Crippen molar-refractivity contribution in [3.8, 4) is 5.75 Å². The van der Waals surface area contributed by atoms with E-state index >= 15 is 0 Å². The van der Waals surface area contributed by atoms with Gasteiger partial charge in [-0.1, -0.05) is 29.8 Å². The van der Waals surface area contributed by atoms with Gasteiger partial charge in [0, 0.05) is 13.0 Å². The van der Waals surface area contributed by atoms with E-state index in [0.29, 0.717) is 42.9 Å². The van der Waals surface area contributed by atoms with Crippen LogP contribution in [0.4, 0.5) is 28.8 Å². The number of sulfone groups is 1. The number of aromatic nitrogens is 2. The number of benzene rings is 3. The van der Waals surface area contributed by atoms with Gasteiger partial charge >= 0.3 is 0 Å². The fourth-order valence-electron chi connectivity index (χ4n) is 8.50. The van der Waals surface area contributed by atoms with Crippen molar-refractivity contribution in [1.29, 1.82) is 0 Å². The highest BCUT2D eigenvalue weighted by Gasteiger charge is 2.45. The van der Waals surface area contributed by atoms with Crippen LogP contribution < -0.4 is 26.0 Å². The lowest BCUT2D eigenvalue weighted by molar-refractivity contribution is -0.136. The molecule has 1 unspecified atom stereocenters. The number of aryl methyl sites for hydroxylation is 1. The molecular formula is C49H59ClN8O11S. The van der Waals surface area contributed by atoms with E-state index in [4.69, 9.17) is 30.5 Å². The van der Waals surface area contributed by atoms with Crippen molar-refractivity contribution in [2.45, 2.75) is 88.5 Å². The Labute approximate surface area is 412 Å². The summed E-state index contributed by atoms with van der Waals surface area (Å²) in [6, 6.07) is 14.2. The number of piperidine rings is 2. The molecule has 5 amide bonds. The molecule has 70 heavy (non-hydrogen) atoms. The molecule has 0 radical (unpaired) electrons. The number of ether oxygens (including phenoxy) is 4. The molecule has 21 heteroatoms. The topological polar surface area (TPSA) is 237 Å². The number of para-hydroxylation sites is 1. The van der Waals surface area contributed by atoms with Gasteiger partial charge in [-0.3, -0.25) is 34.2 Å². The second kappa shape index (κ2) is 23.3. The van der Waals surface area contributed by atoms with Gasteiger partial charge in [0.1, 0.15) is 23.4 Å². The molecular weight excluding hydrogens is 944 g/mol. The first-order valence-corrected chi connectivity index (χ1v) is 25.2. The summed E-state index contributed by atoms with van der Waals surface area (Å²) in [4.78, 5) is 75.4. The number of imide groups is 2. The van der Waals surface area contributed by atoms with Gasteiger partial charge in [-0.15, -0.1) is 0 Å². The Morgan fingerprint density at radius 3 is 2.27 bits per heavy atom. The molecule has 3 aliphatic heterocycles. The lowest BCUT2D eigenvalue weighted by Crippen LogP contribution is -2.54. The molecule has 1 aromatic heterocycles. The summed E-state index contributed by atoms with van der Waals surface area (Å²) < 4.78 is 49.4. The molecule has 7 rings (SSSR count). The van der Waals surface area contributed by atoms with Crippen LogP contribution in [0.3, 0.4) is 0 Å². The molecule has 3 aromatic carbocycles. The maximum atomic E-state index is 13.3. The van der Waals surface area contributed by atoms with Crippen LogP contribution in [-0.4, -0.2) is 134 Å². The molecule has 0 aliphatic carbocycles. The minimum atomic E-state index is -3.59. The number of likely N-dealkylation sites (tertiary alicyclic amines) is 1. The molecule has 4 aromatic rings. The monoisotopic (exact) mass is 1000 g/mol. The molecule has 2 fully saturated rings. The zero-order valence-corrected chi connectivity index (χ0v) is 41.4. The van der Waals surface area contributed by atoms with E-state index in [9.17, 15) is 32.4 Å². The number of hydrogen-bond acceptors (Lipinski definition) is 16. The molecule has 1 atom stereocenters. The number of fused-ring (bicyclic) bond motifs is 1. The van der Waals surface area contributed by atoms with Crippen molar-refractivity contribution in [2.24, 2.45) is 0 Å². The Hall–Kier alpha value is -6.03. The summed E-state index contributed by atoms with van der Waals surface area (Å²) in [7, 11) is -3.59. The number of nitrogens with zero attached hydrogens (tertiary/aromatic N) is 4. The Bertz CT molecular complexity index is 2710. The minimum Gasteiger partial charge on any atom is -0.489 e. The maximum Gasteiger partial charge on any atom is 0.264 e. The maximum absolute atomic E-state index is 13.3. The number of anilines is 5. The SMILES string of the molecule is Cc1cc(Nc2ncc(Cl)c(Nc3ccccc3S(=O)(=O)C(C)C)n2)c(OC(C)C)cc1C1CCN(CCOCCOCCOCC(=O)Nc2cccc3c2C(=O)N(C2CCC(=O)NC2=O)C3=O)CC1. The third-order valence-corrected chi connectivity index (χ3v) is 14.6. The number of carbonyl (C=O) groups is 5. The Kier molecular flexibility index (Phi) is 17.2. The number of nitrogens with one attached hydrogen (secondary N) is 4. The Morgan fingerprint density at radius 2 is 1.56 bits per heavy atom. The minimum absolute atomic E-state index is 0.00170. The van der Waals surface area contributed by atoms with Gasteiger partial charge in [-0.05, 0) is 120 Å². The van der Waals surface area contributed by atoms with Gasteiger partial charge in [0.2, 0.25) is 23.7 Å². The fourth-order valence-corrected chi connectivity index (χ4v) is 9.84. The van der Waals surface area contributed by atoms with Crippen LogP contribution in [0.2, 0.25) is 5.02 Å². The third kappa shape index (κ3) is 12.5. The van der Waals surface area contributed by atoms with E-state index in [2.05, 4.69) is 49.1 Å². The van der Waals surface area contributed by atoms with E-state index in [-0.39, 0.29) is 77.3 Å². The van der Waals surface area contributed by atoms with Crippen molar-refractivity contribution in [2.75, 3.05) is 75.2 Å². The van der Waals surface area contributed by atoms with Gasteiger partial charge < -0.3 is 39.8 Å². The van der Waals surface area contributed by atoms with Crippen LogP contribution in [-0.2, 0) is 38.4 Å². The fraction of sp³-hybridized carbons (Fsp3) is 0.449. The smallest absolute Gasteiger partial charge is 0.264 e. The average molecular weight is 1000 g/mol. The molecule has 4 heterocycles. The zero-order valence-electron chi connectivity index (χ0n) is 39.8. The van der Waals surface area contributed by atoms with Crippen LogP contribution in [0.25, 0.3) is 0 Å². The van der Waals surface area contributed by atoms with Crippen molar-refractivity contribution < 1.29 is 51.3 Å². The van der Waals surface area contributed by atoms with E-state index < -0.39 is 50.7 Å². The standard InChI is InChI=1S/C49H59ClN8O11S/c1-29(2)69-40-26-34(31(5)25-38(40)54-49-51-27-35(50)45(56-49)53-36-10-6-7-12-41(36)70(64,65)30(3)4)32-15-17-57(18-16-32)19-20-66-21-22-67-23-24-68-28-43(60)52-37-11-8-9-33-44(37)48(63)58(47(33)62)39-13-14-42(59)55-46(39)61/h6-12,25-27,29-30,32,39H,13-24,28H2,1-5H3,(H,52,60)(H,55,59,61)(H2,51,53,54,56). The second-order valence-electron chi connectivity index (χ2n) is 17.7. The largest absolute Gasteiger partial charge is 0.489 e. The van der Waals surface area contributed by atoms with E-state index in [1.54, 1.807) is 38.1 Å². The first-order valence-electron chi connectivity index (χ1n) is 23.3. The molecule has 19 nitrogen and oxygen atoms in total. The highest BCUT2D eigenvalue weighted by molar-refractivity contribution is 7.92. The molecule has 4 N–H and O–H groups in total. The summed E-state index contributed by atoms with van der Waals surface area (Å²) in [5, 5.41) is 10.8. The van der Waals surface area contributed by atoms with Gasteiger partial charge in [0.05, 0.1) is 83.7 Å². The summed E-state index contributed by atoms with van der Waals surface area (Å²) in [5.41, 5.74) is 3.54. The first kappa shape index (κ1) is 51.8. The number of amides is 5. The van der Waals surface area contributed by atoms with Gasteiger partial charge in [0.25, 0.3) is 11.8 Å². The average Bonchev–Trinajstić information content (AvgIpc) is 3.57. The number of hydrogen-bond donors (Lipinski definition) is 4. The number of carbonyl (C=O) groups excluding carboxylic acids is 5. The summed E-state index contributed by atoms with van der Waals surface area (Å²) in [5.74, 6) is -1.60. The van der Waals surface area contributed by atoms with Crippen molar-refractivity contribution in [1.82, 2.24) is 25.1 Å². The van der Waals surface area contributed by atoms with Gasteiger partial charge in [0.15, 0.2) is 15.7 Å². The van der Waals surface area contributed by atoms with Crippen LogP contribution >= 0.6 is 11.6 Å². The lowest BCUT2D eigenvalue weighted by atomic mass is 9.86. The Morgan fingerprint density at radius 1 is 0.857 bits per heavy atom. The van der Waals surface area contributed by atoms with Crippen LogP contribution in [0, 0.1) is 6.92 Å². The van der Waals surface area contributed by atoms with E-state index in [0.717, 1.165) is 42.9 Å². The molecule has 0 bridgehead atoms. The molecule has 0 spiro atoms. The van der Waals surface area contributed by atoms with Gasteiger partial charge in [-0.2, -0.15) is 4.98 Å². The normalized spacial score (nSPS) is 16.7. The Balaban J connectivity index is 0.808. The van der Waals surface area contributed by atoms with Crippen molar-refractivity contribution in [3.63, 3.8) is 0 Å². The highest BCUT2D eigenvalue weighted by Crippen LogP contribution is 2.39. The van der Waals surface area contributed by atoms with Gasteiger partial charge in [-0.25, -0.2) is 13.4 Å². The number of rotatable bonds is 22. The second-order valence-corrected chi connectivity index (χ2v) is 20.6. The molecule has 0 saturated carbocycles. The predicted molar refractivity (Wildman–Crippen MR) is 262 cm³/mol. The molecule has 374 valence electrons. The van der Waals surface area contributed by atoms with Crippen molar-refractivity contribution >= 4 is 79.8 Å². The predicted octanol–water partition coefficient (Wildman–Crippen LogP) is 6.16. The van der Waals surface area contributed by atoms with Crippen molar-refractivity contribution in [3.05, 3.63) is 88.1 Å². The van der Waals surface area contributed by atoms with E-state index in [1.807, 2.05) is 19.9 Å². The summed E-state index contributed by atoms with van der Waals surface area (Å²) in [6.45, 7) is 13.2. The highest BCUT2D eigenvalue weighted by atomic mass is 35.5. The third-order valence-electron chi connectivity index (χ3n) is 12.1. The zero-order chi connectivity index (χ0) is 50.1. The quantitative estimate of drug-likeness (QED) is 0.0509. The molecule has 2 saturated heterocycles. The first-order chi connectivity index (χ1) is 33.5. The molecule has 3 aliphatic rings. The van der Waals surface area contributed by atoms with E-state index in [1.165, 1.54) is 30.0 Å². The summed E-state index contributed by atoms with van der Waals surface area (Å²) in [6.07, 6.45) is 3.32. The number of halogens is 1. The van der Waals surface area contributed by atoms with Crippen LogP contribution in [0.1, 0.15) is 91.1 Å². The van der Waals surface area contributed by atoms with Crippen LogP contribution in [0.15, 0.2) is 65.7 Å². The van der Waals surface area contributed by atoms with Crippen LogP contribution in [0.5, 0.6) is 5.75 Å². The summed E-state index contributed by atoms with van der Waals surface area (Å²) >= 11 is 6.51. The lowest BCUT2D eigenvalue weighted by Gasteiger charge is -2.33.